The number of fused-ring (bicyclic) bond motifs is 1. The van der Waals surface area contributed by atoms with E-state index in [1.165, 1.54) is 32.0 Å². The number of para-hydroxylation sites is 1. The first-order valence-electron chi connectivity index (χ1n) is 10.1. The smallest absolute Gasteiger partial charge is 0.323 e. The number of nitrogens with one attached hydrogen (secondary N) is 2. The van der Waals surface area contributed by atoms with Crippen molar-refractivity contribution in [2.75, 3.05) is 24.9 Å². The van der Waals surface area contributed by atoms with Gasteiger partial charge in [-0.15, -0.1) is 16.3 Å². The molecule has 4 rings (SSSR count). The number of methoxy groups -OCH3 is 2. The van der Waals surface area contributed by atoms with E-state index in [1.54, 1.807) is 31.2 Å². The number of ether oxygens (including phenoxy) is 2. The lowest BCUT2D eigenvalue weighted by atomic mass is 10.2. The van der Waals surface area contributed by atoms with E-state index in [0.717, 1.165) is 9.47 Å². The summed E-state index contributed by atoms with van der Waals surface area (Å²) >= 11 is 7.63. The van der Waals surface area contributed by atoms with Gasteiger partial charge in [0.2, 0.25) is 0 Å². The molecule has 2 aromatic carbocycles. The molecule has 0 unspecified atom stereocenters. The Morgan fingerprint density at radius 1 is 1.09 bits per heavy atom. The fourth-order valence-electron chi connectivity index (χ4n) is 3.23. The number of rotatable bonds is 7. The molecule has 2 amide bonds. The Morgan fingerprint density at radius 2 is 1.82 bits per heavy atom. The first kappa shape index (κ1) is 23.5. The van der Waals surface area contributed by atoms with Gasteiger partial charge in [0.15, 0.2) is 5.65 Å². The Balaban J connectivity index is 1.48. The largest absolute Gasteiger partial charge is 0.495 e. The van der Waals surface area contributed by atoms with Gasteiger partial charge in [0.1, 0.15) is 17.3 Å². The maximum absolute atomic E-state index is 12.7. The molecule has 0 radical (unpaired) electrons. The molecule has 9 nitrogen and oxygen atoms in total. The van der Waals surface area contributed by atoms with E-state index in [4.69, 9.17) is 25.6 Å². The summed E-state index contributed by atoms with van der Waals surface area (Å²) in [5.74, 6) is 1.87. The zero-order valence-corrected chi connectivity index (χ0v) is 20.1. The summed E-state index contributed by atoms with van der Waals surface area (Å²) in [5.41, 5.74) is 1.77. The van der Waals surface area contributed by atoms with E-state index in [9.17, 15) is 9.59 Å². The predicted molar refractivity (Wildman–Crippen MR) is 132 cm³/mol. The second-order valence-electron chi connectivity index (χ2n) is 7.14. The SMILES string of the molecule is COc1cc(OC)c(NC(=O)Nc2ccccc2SCc2cc(=O)n3oc(C)cc3n2)cc1Cl. The van der Waals surface area contributed by atoms with Crippen molar-refractivity contribution in [3.8, 4) is 11.5 Å². The lowest BCUT2D eigenvalue weighted by Crippen LogP contribution is -2.20. The van der Waals surface area contributed by atoms with Crippen molar-refractivity contribution < 1.29 is 18.8 Å². The molecular formula is C23H21ClN4O5S. The number of thioether (sulfide) groups is 1. The Labute approximate surface area is 204 Å². The van der Waals surface area contributed by atoms with Crippen molar-refractivity contribution in [1.82, 2.24) is 9.56 Å². The van der Waals surface area contributed by atoms with E-state index in [2.05, 4.69) is 15.6 Å². The molecule has 0 saturated heterocycles. The number of aromatic nitrogens is 2. The summed E-state index contributed by atoms with van der Waals surface area (Å²) in [6.07, 6.45) is 0. The molecule has 4 aromatic rings. The van der Waals surface area contributed by atoms with Crippen LogP contribution in [-0.2, 0) is 5.75 Å². The number of hydrogen-bond acceptors (Lipinski definition) is 7. The van der Waals surface area contributed by atoms with Gasteiger partial charge in [-0.25, -0.2) is 9.78 Å². The molecule has 0 saturated carbocycles. The van der Waals surface area contributed by atoms with Gasteiger partial charge in [-0.05, 0) is 25.1 Å². The third-order valence-corrected chi connectivity index (χ3v) is 6.16. The fraction of sp³-hybridized carbons (Fsp3) is 0.174. The van der Waals surface area contributed by atoms with Crippen molar-refractivity contribution in [3.05, 3.63) is 75.4 Å². The molecule has 2 N–H and O–H groups in total. The first-order chi connectivity index (χ1) is 16.4. The maximum atomic E-state index is 12.7. The third kappa shape index (κ3) is 5.13. The van der Waals surface area contributed by atoms with E-state index in [1.807, 2.05) is 18.2 Å². The number of urea groups is 1. The lowest BCUT2D eigenvalue weighted by Gasteiger charge is -2.15. The topological polar surface area (TPSA) is 107 Å². The van der Waals surface area contributed by atoms with E-state index in [-0.39, 0.29) is 5.56 Å². The minimum absolute atomic E-state index is 0.286. The van der Waals surface area contributed by atoms with Crippen LogP contribution < -0.4 is 25.7 Å². The van der Waals surface area contributed by atoms with E-state index >= 15 is 0 Å². The Kier molecular flexibility index (Phi) is 6.99. The molecule has 2 aromatic heterocycles. The normalized spacial score (nSPS) is 10.8. The number of aryl methyl sites for hydroxylation is 1. The first-order valence-corrected chi connectivity index (χ1v) is 11.4. The van der Waals surface area contributed by atoms with E-state index < -0.39 is 6.03 Å². The number of nitrogens with zero attached hydrogens (tertiary/aromatic N) is 2. The minimum Gasteiger partial charge on any atom is -0.495 e. The van der Waals surface area contributed by atoms with Crippen LogP contribution in [0.3, 0.4) is 0 Å². The molecule has 0 spiro atoms. The average molecular weight is 501 g/mol. The molecule has 0 fully saturated rings. The second-order valence-corrected chi connectivity index (χ2v) is 8.56. The van der Waals surface area contributed by atoms with Gasteiger partial charge in [0, 0.05) is 28.8 Å². The zero-order chi connectivity index (χ0) is 24.2. The molecule has 0 aliphatic rings. The van der Waals surface area contributed by atoms with Gasteiger partial charge in [0.25, 0.3) is 5.56 Å². The van der Waals surface area contributed by atoms with Crippen LogP contribution in [0.1, 0.15) is 11.5 Å². The number of benzene rings is 2. The highest BCUT2D eigenvalue weighted by Gasteiger charge is 2.14. The molecule has 0 bridgehead atoms. The quantitative estimate of drug-likeness (QED) is 0.336. The van der Waals surface area contributed by atoms with Crippen molar-refractivity contribution >= 4 is 46.4 Å². The number of carbonyl (C=O) groups excluding carboxylic acids is 1. The van der Waals surface area contributed by atoms with Crippen LogP contribution in [-0.4, -0.2) is 29.8 Å². The highest BCUT2D eigenvalue weighted by atomic mass is 35.5. The van der Waals surface area contributed by atoms with Crippen LogP contribution in [0.4, 0.5) is 16.2 Å². The van der Waals surface area contributed by atoms with Crippen LogP contribution in [0.5, 0.6) is 11.5 Å². The highest BCUT2D eigenvalue weighted by Crippen LogP contribution is 2.36. The van der Waals surface area contributed by atoms with Crippen LogP contribution in [0.2, 0.25) is 5.02 Å². The zero-order valence-electron chi connectivity index (χ0n) is 18.5. The van der Waals surface area contributed by atoms with Crippen LogP contribution >= 0.6 is 23.4 Å². The number of halogens is 1. The van der Waals surface area contributed by atoms with Gasteiger partial charge in [-0.3, -0.25) is 4.79 Å². The molecule has 11 heteroatoms. The Bertz CT molecular complexity index is 1420. The predicted octanol–water partition coefficient (Wildman–Crippen LogP) is 5.20. The van der Waals surface area contributed by atoms with Gasteiger partial charge in [-0.1, -0.05) is 23.7 Å². The molecule has 0 aliphatic carbocycles. The fourth-order valence-corrected chi connectivity index (χ4v) is 4.37. The molecule has 34 heavy (non-hydrogen) atoms. The summed E-state index contributed by atoms with van der Waals surface area (Å²) in [7, 11) is 2.98. The summed E-state index contributed by atoms with van der Waals surface area (Å²) in [6.45, 7) is 1.75. The van der Waals surface area contributed by atoms with E-state index in [0.29, 0.717) is 50.8 Å². The molecular weight excluding hydrogens is 480 g/mol. The molecule has 0 atom stereocenters. The van der Waals surface area contributed by atoms with Crippen molar-refractivity contribution in [1.29, 1.82) is 0 Å². The van der Waals surface area contributed by atoms with Crippen molar-refractivity contribution in [2.45, 2.75) is 17.6 Å². The molecule has 0 aliphatic heterocycles. The second kappa shape index (κ2) is 10.1. The van der Waals surface area contributed by atoms with Crippen LogP contribution in [0, 0.1) is 6.92 Å². The average Bonchev–Trinajstić information content (AvgIpc) is 3.19. The Morgan fingerprint density at radius 3 is 2.59 bits per heavy atom. The van der Waals surface area contributed by atoms with Gasteiger partial charge in [0.05, 0.1) is 36.3 Å². The number of amides is 2. The van der Waals surface area contributed by atoms with Crippen LogP contribution in [0.25, 0.3) is 5.65 Å². The Hall–Kier alpha value is -3.63. The molecule has 2 heterocycles. The number of carbonyl (C=O) groups is 1. The van der Waals surface area contributed by atoms with Gasteiger partial charge >= 0.3 is 6.03 Å². The maximum Gasteiger partial charge on any atom is 0.323 e. The highest BCUT2D eigenvalue weighted by molar-refractivity contribution is 7.98. The van der Waals surface area contributed by atoms with Gasteiger partial charge in [-0.2, -0.15) is 0 Å². The number of hydrogen-bond donors (Lipinski definition) is 2. The minimum atomic E-state index is -0.473. The van der Waals surface area contributed by atoms with Crippen molar-refractivity contribution in [3.63, 3.8) is 0 Å². The monoisotopic (exact) mass is 500 g/mol. The summed E-state index contributed by atoms with van der Waals surface area (Å²) < 4.78 is 17.0. The van der Waals surface area contributed by atoms with Crippen molar-refractivity contribution in [2.24, 2.45) is 0 Å². The summed E-state index contributed by atoms with van der Waals surface area (Å²) in [4.78, 5) is 30.2. The summed E-state index contributed by atoms with van der Waals surface area (Å²) in [6, 6.07) is 13.1. The van der Waals surface area contributed by atoms with Gasteiger partial charge < -0.3 is 24.6 Å². The lowest BCUT2D eigenvalue weighted by molar-refractivity contribution is 0.262. The van der Waals surface area contributed by atoms with Crippen LogP contribution in [0.15, 0.2) is 62.7 Å². The number of anilines is 2. The standard InChI is InChI=1S/C23H21ClN4O5S/c1-13-8-21-25-14(9-22(29)28(21)33-13)12-34-20-7-5-4-6-16(20)26-23(30)27-17-10-15(24)18(31-2)11-19(17)32-3/h4-11H,12H2,1-3H3,(H2,26,27,30). The third-order valence-electron chi connectivity index (χ3n) is 4.76. The molecule has 176 valence electrons. The summed E-state index contributed by atoms with van der Waals surface area (Å²) in [5, 5.41) is 5.91.